The number of benzene rings is 1. The van der Waals surface area contributed by atoms with Gasteiger partial charge in [0, 0.05) is 32.2 Å². The number of nitrogens with zero attached hydrogens (tertiary/aromatic N) is 3. The average molecular weight is 405 g/mol. The van der Waals surface area contributed by atoms with Gasteiger partial charge in [0.15, 0.2) is 6.61 Å². The molecule has 1 amide bonds. The minimum atomic E-state index is -0.748. The van der Waals surface area contributed by atoms with Crippen LogP contribution in [0.4, 0.5) is 11.4 Å². The van der Waals surface area contributed by atoms with Crippen LogP contribution in [0, 0.1) is 22.0 Å². The largest absolute Gasteiger partial charge is 0.452 e. The summed E-state index contributed by atoms with van der Waals surface area (Å²) in [5.74, 6) is -0.172. The summed E-state index contributed by atoms with van der Waals surface area (Å²) in [7, 11) is 0. The van der Waals surface area contributed by atoms with E-state index >= 15 is 0 Å². The van der Waals surface area contributed by atoms with Gasteiger partial charge in [-0.05, 0) is 30.4 Å². The minimum absolute atomic E-state index is 0.0633. The Balaban J connectivity index is 1.69. The molecule has 0 aromatic heterocycles. The molecule has 9 heteroatoms. The lowest BCUT2D eigenvalue weighted by Crippen LogP contribution is -2.42. The Hall–Kier alpha value is -2.68. The summed E-state index contributed by atoms with van der Waals surface area (Å²) in [6.45, 7) is 7.19. The number of morpholine rings is 1. The molecule has 2 fully saturated rings. The van der Waals surface area contributed by atoms with Crippen LogP contribution in [0.25, 0.3) is 0 Å². The highest BCUT2D eigenvalue weighted by molar-refractivity contribution is 5.93. The van der Waals surface area contributed by atoms with E-state index in [-0.39, 0.29) is 17.2 Å². The molecule has 2 saturated heterocycles. The molecule has 9 nitrogen and oxygen atoms in total. The van der Waals surface area contributed by atoms with Crippen LogP contribution in [0.15, 0.2) is 18.2 Å². The predicted molar refractivity (Wildman–Crippen MR) is 106 cm³/mol. The van der Waals surface area contributed by atoms with Crippen LogP contribution in [-0.2, 0) is 14.3 Å². The summed E-state index contributed by atoms with van der Waals surface area (Å²) >= 11 is 0. The minimum Gasteiger partial charge on any atom is -0.452 e. The molecule has 2 aliphatic rings. The van der Waals surface area contributed by atoms with Gasteiger partial charge in [0.05, 0.1) is 23.7 Å². The maximum Gasteiger partial charge on any atom is 0.338 e. The van der Waals surface area contributed by atoms with Crippen molar-refractivity contribution in [2.75, 3.05) is 50.9 Å². The number of hydrogen-bond acceptors (Lipinski definition) is 7. The van der Waals surface area contributed by atoms with Crippen LogP contribution in [0.5, 0.6) is 0 Å². The molecule has 2 aliphatic heterocycles. The van der Waals surface area contributed by atoms with Crippen molar-refractivity contribution in [3.05, 3.63) is 33.9 Å². The van der Waals surface area contributed by atoms with Crippen LogP contribution >= 0.6 is 0 Å². The van der Waals surface area contributed by atoms with Crippen LogP contribution in [-0.4, -0.2) is 67.7 Å². The highest BCUT2D eigenvalue weighted by atomic mass is 16.6. The zero-order valence-corrected chi connectivity index (χ0v) is 16.8. The first-order valence-corrected chi connectivity index (χ1v) is 9.91. The van der Waals surface area contributed by atoms with Crippen molar-refractivity contribution >= 4 is 23.3 Å². The van der Waals surface area contributed by atoms with E-state index in [0.717, 1.165) is 19.5 Å². The normalized spacial score (nSPS) is 22.3. The maximum absolute atomic E-state index is 12.3. The van der Waals surface area contributed by atoms with Gasteiger partial charge in [0.2, 0.25) is 0 Å². The third-order valence-electron chi connectivity index (χ3n) is 5.31. The number of ether oxygens (including phenoxy) is 2. The fourth-order valence-corrected chi connectivity index (χ4v) is 4.04. The van der Waals surface area contributed by atoms with Gasteiger partial charge < -0.3 is 19.3 Å². The van der Waals surface area contributed by atoms with Crippen LogP contribution in [0.3, 0.4) is 0 Å². The molecule has 0 spiro atoms. The quantitative estimate of drug-likeness (QED) is 0.420. The molecule has 0 bridgehead atoms. The summed E-state index contributed by atoms with van der Waals surface area (Å²) in [6, 6.07) is 4.36. The first-order chi connectivity index (χ1) is 13.8. The Morgan fingerprint density at radius 2 is 1.86 bits per heavy atom. The smallest absolute Gasteiger partial charge is 0.338 e. The SMILES string of the molecule is C[C@H]1C[C@H](C)CN(c2ccc(C(=O)OCC(=O)N3CCOCC3)cc2[N+](=O)[O-])C1. The summed E-state index contributed by atoms with van der Waals surface area (Å²) < 4.78 is 10.3. The number of amides is 1. The van der Waals surface area contributed by atoms with E-state index in [1.54, 1.807) is 11.0 Å². The fourth-order valence-electron chi connectivity index (χ4n) is 4.04. The molecule has 1 aromatic carbocycles. The number of nitro benzene ring substituents is 1. The Morgan fingerprint density at radius 1 is 1.21 bits per heavy atom. The molecule has 2 heterocycles. The van der Waals surface area contributed by atoms with Gasteiger partial charge in [-0.25, -0.2) is 4.79 Å². The fraction of sp³-hybridized carbons (Fsp3) is 0.600. The molecule has 158 valence electrons. The molecule has 3 rings (SSSR count). The molecule has 0 N–H and O–H groups in total. The Bertz CT molecular complexity index is 767. The summed E-state index contributed by atoms with van der Waals surface area (Å²) in [5.41, 5.74) is 0.447. The standard InChI is InChI=1S/C20H27N3O6/c1-14-9-15(2)12-22(11-14)17-4-3-16(10-18(17)23(26)27)20(25)29-13-19(24)21-5-7-28-8-6-21/h3-4,10,14-15H,5-9,11-13H2,1-2H3/t14-,15-/m0/s1. The van der Waals surface area contributed by atoms with Crippen molar-refractivity contribution in [3.63, 3.8) is 0 Å². The Kier molecular flexibility index (Phi) is 6.68. The van der Waals surface area contributed by atoms with E-state index in [2.05, 4.69) is 13.8 Å². The van der Waals surface area contributed by atoms with E-state index in [1.165, 1.54) is 12.1 Å². The van der Waals surface area contributed by atoms with Gasteiger partial charge in [-0.1, -0.05) is 13.8 Å². The first-order valence-electron chi connectivity index (χ1n) is 9.91. The molecule has 29 heavy (non-hydrogen) atoms. The molecule has 0 radical (unpaired) electrons. The molecule has 0 unspecified atom stereocenters. The maximum atomic E-state index is 12.3. The van der Waals surface area contributed by atoms with Crippen LogP contribution < -0.4 is 4.90 Å². The lowest BCUT2D eigenvalue weighted by Gasteiger charge is -2.36. The zero-order valence-electron chi connectivity index (χ0n) is 16.8. The second kappa shape index (κ2) is 9.21. The highest BCUT2D eigenvalue weighted by Crippen LogP contribution is 2.34. The number of carbonyl (C=O) groups excluding carboxylic acids is 2. The lowest BCUT2D eigenvalue weighted by molar-refractivity contribution is -0.384. The first kappa shape index (κ1) is 21.0. The second-order valence-electron chi connectivity index (χ2n) is 7.88. The Morgan fingerprint density at radius 3 is 2.48 bits per heavy atom. The summed E-state index contributed by atoms with van der Waals surface area (Å²) in [6.07, 6.45) is 1.09. The van der Waals surface area contributed by atoms with Crippen LogP contribution in [0.1, 0.15) is 30.6 Å². The van der Waals surface area contributed by atoms with Gasteiger partial charge in [0.25, 0.3) is 11.6 Å². The monoisotopic (exact) mass is 405 g/mol. The van der Waals surface area contributed by atoms with Crippen molar-refractivity contribution in [2.24, 2.45) is 11.8 Å². The van der Waals surface area contributed by atoms with E-state index in [4.69, 9.17) is 9.47 Å². The van der Waals surface area contributed by atoms with Gasteiger partial charge in [0.1, 0.15) is 5.69 Å². The van der Waals surface area contributed by atoms with Crippen molar-refractivity contribution < 1.29 is 24.0 Å². The van der Waals surface area contributed by atoms with Crippen LogP contribution in [0.2, 0.25) is 0 Å². The third kappa shape index (κ3) is 5.23. The third-order valence-corrected chi connectivity index (χ3v) is 5.31. The van der Waals surface area contributed by atoms with Gasteiger partial charge >= 0.3 is 5.97 Å². The van der Waals surface area contributed by atoms with E-state index in [0.29, 0.717) is 43.8 Å². The highest BCUT2D eigenvalue weighted by Gasteiger charge is 2.28. The van der Waals surface area contributed by atoms with E-state index in [1.807, 2.05) is 4.90 Å². The second-order valence-corrected chi connectivity index (χ2v) is 7.88. The summed E-state index contributed by atoms with van der Waals surface area (Å²) in [4.78, 5) is 39.2. The predicted octanol–water partition coefficient (Wildman–Crippen LogP) is 2.09. The van der Waals surface area contributed by atoms with Crippen molar-refractivity contribution in [2.45, 2.75) is 20.3 Å². The van der Waals surface area contributed by atoms with E-state index < -0.39 is 17.5 Å². The van der Waals surface area contributed by atoms with Crippen molar-refractivity contribution in [3.8, 4) is 0 Å². The van der Waals surface area contributed by atoms with Gasteiger partial charge in [-0.3, -0.25) is 14.9 Å². The summed E-state index contributed by atoms with van der Waals surface area (Å²) in [5, 5.41) is 11.6. The number of carbonyl (C=O) groups is 2. The number of piperidine rings is 1. The van der Waals surface area contributed by atoms with E-state index in [9.17, 15) is 19.7 Å². The number of hydrogen-bond donors (Lipinski definition) is 0. The van der Waals surface area contributed by atoms with Gasteiger partial charge in [-0.15, -0.1) is 0 Å². The Labute approximate surface area is 169 Å². The lowest BCUT2D eigenvalue weighted by atomic mass is 9.91. The van der Waals surface area contributed by atoms with Gasteiger partial charge in [-0.2, -0.15) is 0 Å². The molecular formula is C20H27N3O6. The molecule has 0 aliphatic carbocycles. The number of anilines is 1. The topological polar surface area (TPSA) is 102 Å². The number of nitro groups is 1. The molecular weight excluding hydrogens is 378 g/mol. The number of rotatable bonds is 5. The molecule has 0 saturated carbocycles. The molecule has 2 atom stereocenters. The zero-order chi connectivity index (χ0) is 21.0. The molecule has 1 aromatic rings. The van der Waals surface area contributed by atoms with Crippen molar-refractivity contribution in [1.29, 1.82) is 0 Å². The average Bonchev–Trinajstić information content (AvgIpc) is 2.71. The number of esters is 1. The van der Waals surface area contributed by atoms with Crippen molar-refractivity contribution in [1.82, 2.24) is 4.90 Å².